The highest BCUT2D eigenvalue weighted by atomic mass is 19.1. The highest BCUT2D eigenvalue weighted by molar-refractivity contribution is 5.89. The average molecular weight is 242 g/mol. The molecule has 0 bridgehead atoms. The molecule has 0 aliphatic rings. The van der Waals surface area contributed by atoms with Crippen LogP contribution < -0.4 is 10.6 Å². The third-order valence-electron chi connectivity index (χ3n) is 2.54. The van der Waals surface area contributed by atoms with E-state index in [1.807, 2.05) is 20.8 Å². The van der Waals surface area contributed by atoms with E-state index in [0.29, 0.717) is 0 Å². The predicted molar refractivity (Wildman–Crippen MR) is 62.8 cm³/mol. The fourth-order valence-electron chi connectivity index (χ4n) is 1.12. The maximum atomic E-state index is 13.2. The van der Waals surface area contributed by atoms with Crippen LogP contribution in [-0.4, -0.2) is 12.1 Å². The van der Waals surface area contributed by atoms with Crippen LogP contribution in [0.25, 0.3) is 0 Å². The zero-order valence-electron chi connectivity index (χ0n) is 10.1. The third kappa shape index (κ3) is 4.01. The molecule has 2 N–H and O–H groups in total. The predicted octanol–water partition coefficient (Wildman–Crippen LogP) is 3.13. The Labute approximate surface area is 99.2 Å². The molecule has 17 heavy (non-hydrogen) atoms. The first-order valence-electron chi connectivity index (χ1n) is 5.42. The van der Waals surface area contributed by atoms with Gasteiger partial charge in [-0.15, -0.1) is 0 Å². The number of halogens is 2. The van der Waals surface area contributed by atoms with Crippen molar-refractivity contribution in [3.8, 4) is 0 Å². The van der Waals surface area contributed by atoms with Crippen LogP contribution in [0.3, 0.4) is 0 Å². The average Bonchev–Trinajstić information content (AvgIpc) is 2.22. The van der Waals surface area contributed by atoms with E-state index in [4.69, 9.17) is 0 Å². The molecule has 0 heterocycles. The second-order valence-electron chi connectivity index (χ2n) is 4.26. The van der Waals surface area contributed by atoms with Gasteiger partial charge < -0.3 is 10.6 Å². The number of amides is 2. The number of nitrogens with one attached hydrogen (secondary N) is 2. The Hall–Kier alpha value is -1.65. The van der Waals surface area contributed by atoms with Crippen LogP contribution in [0.15, 0.2) is 18.2 Å². The van der Waals surface area contributed by atoms with Crippen molar-refractivity contribution in [1.82, 2.24) is 5.32 Å². The largest absolute Gasteiger partial charge is 0.335 e. The Balaban J connectivity index is 2.62. The van der Waals surface area contributed by atoms with Crippen LogP contribution in [0.2, 0.25) is 0 Å². The van der Waals surface area contributed by atoms with E-state index in [9.17, 15) is 13.6 Å². The van der Waals surface area contributed by atoms with Gasteiger partial charge in [0.2, 0.25) is 0 Å². The monoisotopic (exact) mass is 242 g/mol. The fraction of sp³-hybridized carbons (Fsp3) is 0.417. The summed E-state index contributed by atoms with van der Waals surface area (Å²) in [6.45, 7) is 5.78. The number of rotatable bonds is 3. The molecule has 0 saturated carbocycles. The van der Waals surface area contributed by atoms with Crippen LogP contribution in [0.4, 0.5) is 19.3 Å². The van der Waals surface area contributed by atoms with E-state index in [0.717, 1.165) is 12.1 Å². The van der Waals surface area contributed by atoms with Gasteiger partial charge >= 0.3 is 6.03 Å². The standard InChI is InChI=1S/C12H16F2N2O/c1-7(2)8(3)15-12(17)16-11-5-4-9(13)6-10(11)14/h4-8H,1-3H3,(H2,15,16,17)/t8-/m1/s1. The Morgan fingerprint density at radius 1 is 1.24 bits per heavy atom. The number of urea groups is 1. The molecule has 1 atom stereocenters. The molecule has 1 aromatic rings. The van der Waals surface area contributed by atoms with Gasteiger partial charge in [0.1, 0.15) is 11.6 Å². The fourth-order valence-corrected chi connectivity index (χ4v) is 1.12. The minimum atomic E-state index is -0.794. The number of hydrogen-bond acceptors (Lipinski definition) is 1. The van der Waals surface area contributed by atoms with Gasteiger partial charge in [-0.25, -0.2) is 13.6 Å². The molecular weight excluding hydrogens is 226 g/mol. The molecule has 0 fully saturated rings. The summed E-state index contributed by atoms with van der Waals surface area (Å²) in [5, 5.41) is 4.99. The summed E-state index contributed by atoms with van der Waals surface area (Å²) >= 11 is 0. The quantitative estimate of drug-likeness (QED) is 0.840. The van der Waals surface area contributed by atoms with Crippen molar-refractivity contribution in [3.63, 3.8) is 0 Å². The van der Waals surface area contributed by atoms with Crippen molar-refractivity contribution < 1.29 is 13.6 Å². The summed E-state index contributed by atoms with van der Waals surface area (Å²) in [7, 11) is 0. The number of anilines is 1. The molecule has 0 unspecified atom stereocenters. The molecule has 1 aromatic carbocycles. The number of hydrogen-bond donors (Lipinski definition) is 2. The van der Waals surface area contributed by atoms with E-state index in [2.05, 4.69) is 10.6 Å². The smallest absolute Gasteiger partial charge is 0.319 e. The molecule has 0 aliphatic carbocycles. The zero-order chi connectivity index (χ0) is 13.0. The molecule has 0 aliphatic heterocycles. The van der Waals surface area contributed by atoms with Crippen LogP contribution >= 0.6 is 0 Å². The summed E-state index contributed by atoms with van der Waals surface area (Å²) in [5.41, 5.74) is -0.0418. The second-order valence-corrected chi connectivity index (χ2v) is 4.26. The van der Waals surface area contributed by atoms with Crippen LogP contribution in [0.1, 0.15) is 20.8 Å². The maximum Gasteiger partial charge on any atom is 0.319 e. The second kappa shape index (κ2) is 5.61. The summed E-state index contributed by atoms with van der Waals surface area (Å²) in [5.74, 6) is -1.19. The number of carbonyl (C=O) groups excluding carboxylic acids is 1. The van der Waals surface area contributed by atoms with Gasteiger partial charge in [0, 0.05) is 12.1 Å². The molecule has 5 heteroatoms. The number of carbonyl (C=O) groups is 1. The first-order chi connectivity index (χ1) is 7.90. The van der Waals surface area contributed by atoms with Crippen LogP contribution in [-0.2, 0) is 0 Å². The van der Waals surface area contributed by atoms with Gasteiger partial charge in [-0.05, 0) is 25.0 Å². The summed E-state index contributed by atoms with van der Waals surface area (Å²) in [6.07, 6.45) is 0. The molecule has 3 nitrogen and oxygen atoms in total. The normalized spacial score (nSPS) is 12.4. The van der Waals surface area contributed by atoms with Gasteiger partial charge in [-0.3, -0.25) is 0 Å². The van der Waals surface area contributed by atoms with Crippen LogP contribution in [0, 0.1) is 17.6 Å². The van der Waals surface area contributed by atoms with Crippen molar-refractivity contribution in [2.75, 3.05) is 5.32 Å². The van der Waals surface area contributed by atoms with Crippen LogP contribution in [0.5, 0.6) is 0 Å². The lowest BCUT2D eigenvalue weighted by atomic mass is 10.1. The molecule has 0 aromatic heterocycles. The minimum Gasteiger partial charge on any atom is -0.335 e. The van der Waals surface area contributed by atoms with Crippen molar-refractivity contribution in [3.05, 3.63) is 29.8 Å². The van der Waals surface area contributed by atoms with Gasteiger partial charge in [-0.1, -0.05) is 13.8 Å². The Morgan fingerprint density at radius 2 is 1.88 bits per heavy atom. The van der Waals surface area contributed by atoms with E-state index < -0.39 is 17.7 Å². The van der Waals surface area contributed by atoms with Crippen molar-refractivity contribution >= 4 is 11.7 Å². The number of benzene rings is 1. The Kier molecular flexibility index (Phi) is 4.43. The molecule has 94 valence electrons. The maximum absolute atomic E-state index is 13.2. The molecule has 0 radical (unpaired) electrons. The topological polar surface area (TPSA) is 41.1 Å². The van der Waals surface area contributed by atoms with Crippen molar-refractivity contribution in [2.24, 2.45) is 5.92 Å². The molecule has 1 rings (SSSR count). The van der Waals surface area contributed by atoms with E-state index >= 15 is 0 Å². The highest BCUT2D eigenvalue weighted by Gasteiger charge is 2.12. The first kappa shape index (κ1) is 13.4. The van der Waals surface area contributed by atoms with Gasteiger partial charge in [0.15, 0.2) is 0 Å². The lowest BCUT2D eigenvalue weighted by molar-refractivity contribution is 0.246. The first-order valence-corrected chi connectivity index (χ1v) is 5.42. The molecule has 0 saturated heterocycles. The van der Waals surface area contributed by atoms with Crippen molar-refractivity contribution in [2.45, 2.75) is 26.8 Å². The Morgan fingerprint density at radius 3 is 2.41 bits per heavy atom. The summed E-state index contributed by atoms with van der Waals surface area (Å²) in [4.78, 5) is 11.5. The zero-order valence-corrected chi connectivity index (χ0v) is 10.1. The SMILES string of the molecule is CC(C)[C@@H](C)NC(=O)Nc1ccc(F)cc1F. The van der Waals surface area contributed by atoms with E-state index in [1.165, 1.54) is 6.07 Å². The van der Waals surface area contributed by atoms with Gasteiger partial charge in [0.25, 0.3) is 0 Å². The lowest BCUT2D eigenvalue weighted by Gasteiger charge is -2.17. The highest BCUT2D eigenvalue weighted by Crippen LogP contribution is 2.14. The molecule has 0 spiro atoms. The minimum absolute atomic E-state index is 0.0292. The summed E-state index contributed by atoms with van der Waals surface area (Å²) < 4.78 is 25.9. The lowest BCUT2D eigenvalue weighted by Crippen LogP contribution is -2.39. The Bertz CT molecular complexity index is 407. The van der Waals surface area contributed by atoms with E-state index in [1.54, 1.807) is 0 Å². The third-order valence-corrected chi connectivity index (χ3v) is 2.54. The van der Waals surface area contributed by atoms with E-state index in [-0.39, 0.29) is 17.6 Å². The molecule has 2 amide bonds. The molecular formula is C12H16F2N2O. The van der Waals surface area contributed by atoms with Gasteiger partial charge in [-0.2, -0.15) is 0 Å². The van der Waals surface area contributed by atoms with Gasteiger partial charge in [0.05, 0.1) is 5.69 Å². The summed E-state index contributed by atoms with van der Waals surface area (Å²) in [6, 6.07) is 2.46. The van der Waals surface area contributed by atoms with Crippen molar-refractivity contribution in [1.29, 1.82) is 0 Å².